The Bertz CT molecular complexity index is 556. The van der Waals surface area contributed by atoms with Crippen LogP contribution in [0.4, 0.5) is 4.39 Å². The Morgan fingerprint density at radius 1 is 1.33 bits per heavy atom. The van der Waals surface area contributed by atoms with E-state index in [1.807, 2.05) is 27.7 Å². The highest BCUT2D eigenvalue weighted by Crippen LogP contribution is 2.38. The Balaban J connectivity index is 2.31. The minimum atomic E-state index is -0.633. The fraction of sp³-hybridized carbons (Fsp3) is 0.533. The maximum atomic E-state index is 13.1. The number of aryl methyl sites for hydroxylation is 1. The molecule has 1 aliphatic heterocycles. The van der Waals surface area contributed by atoms with Crippen LogP contribution >= 0.6 is 0 Å². The molecule has 1 aromatic heterocycles. The second-order valence-electron chi connectivity index (χ2n) is 6.32. The van der Waals surface area contributed by atoms with Crippen LogP contribution in [0.1, 0.15) is 39.0 Å². The molecule has 114 valence electrons. The SMILES string of the molecule is Cc1cc(F)cnc1C=C(CO)B1OC(C)(C)C(C)(C)O1. The van der Waals surface area contributed by atoms with Crippen LogP contribution in [0.3, 0.4) is 0 Å². The number of rotatable bonds is 3. The summed E-state index contributed by atoms with van der Waals surface area (Å²) in [7, 11) is -0.633. The van der Waals surface area contributed by atoms with Gasteiger partial charge in [0, 0.05) is 0 Å². The van der Waals surface area contributed by atoms with Crippen molar-refractivity contribution in [2.24, 2.45) is 0 Å². The van der Waals surface area contributed by atoms with E-state index >= 15 is 0 Å². The van der Waals surface area contributed by atoms with E-state index in [-0.39, 0.29) is 12.4 Å². The van der Waals surface area contributed by atoms with Gasteiger partial charge in [0.2, 0.25) is 0 Å². The number of hydrogen-bond donors (Lipinski definition) is 1. The van der Waals surface area contributed by atoms with Gasteiger partial charge in [0.1, 0.15) is 5.82 Å². The molecule has 0 atom stereocenters. The van der Waals surface area contributed by atoms with Gasteiger partial charge in [0.25, 0.3) is 0 Å². The summed E-state index contributed by atoms with van der Waals surface area (Å²) in [6.45, 7) is 9.34. The molecule has 0 spiro atoms. The highest BCUT2D eigenvalue weighted by Gasteiger charge is 2.52. The maximum absolute atomic E-state index is 13.1. The third-order valence-corrected chi connectivity index (χ3v) is 4.15. The van der Waals surface area contributed by atoms with Crippen LogP contribution < -0.4 is 0 Å². The largest absolute Gasteiger partial charge is 0.492 e. The fourth-order valence-corrected chi connectivity index (χ4v) is 2.06. The molecule has 1 aromatic rings. The Labute approximate surface area is 125 Å². The van der Waals surface area contributed by atoms with E-state index in [0.29, 0.717) is 16.7 Å². The van der Waals surface area contributed by atoms with Gasteiger partial charge >= 0.3 is 7.12 Å². The van der Waals surface area contributed by atoms with Gasteiger partial charge in [-0.2, -0.15) is 0 Å². The number of hydrogen-bond acceptors (Lipinski definition) is 4. The van der Waals surface area contributed by atoms with Crippen molar-refractivity contribution in [3.63, 3.8) is 0 Å². The Hall–Kier alpha value is -1.24. The van der Waals surface area contributed by atoms with Crippen LogP contribution in [-0.2, 0) is 9.31 Å². The smallest absolute Gasteiger partial charge is 0.400 e. The monoisotopic (exact) mass is 293 g/mol. The zero-order valence-corrected chi connectivity index (χ0v) is 13.1. The van der Waals surface area contributed by atoms with Crippen molar-refractivity contribution in [3.8, 4) is 0 Å². The van der Waals surface area contributed by atoms with Gasteiger partial charge in [-0.15, -0.1) is 0 Å². The molecule has 0 unspecified atom stereocenters. The van der Waals surface area contributed by atoms with Gasteiger partial charge in [-0.05, 0) is 57.8 Å². The van der Waals surface area contributed by atoms with E-state index in [4.69, 9.17) is 9.31 Å². The lowest BCUT2D eigenvalue weighted by atomic mass is 9.78. The summed E-state index contributed by atoms with van der Waals surface area (Å²) < 4.78 is 24.9. The topological polar surface area (TPSA) is 51.6 Å². The van der Waals surface area contributed by atoms with Crippen molar-refractivity contribution in [2.75, 3.05) is 6.61 Å². The predicted octanol–water partition coefficient (Wildman–Crippen LogP) is 2.54. The third kappa shape index (κ3) is 3.17. The van der Waals surface area contributed by atoms with Crippen molar-refractivity contribution in [2.45, 2.75) is 45.8 Å². The van der Waals surface area contributed by atoms with Gasteiger partial charge in [-0.25, -0.2) is 4.39 Å². The molecule has 1 aliphatic rings. The molecule has 1 saturated heterocycles. The van der Waals surface area contributed by atoms with Crippen LogP contribution in [0.15, 0.2) is 17.7 Å². The van der Waals surface area contributed by atoms with Gasteiger partial charge < -0.3 is 14.4 Å². The van der Waals surface area contributed by atoms with Crippen LogP contribution in [0.2, 0.25) is 0 Å². The number of aromatic nitrogens is 1. The predicted molar refractivity (Wildman–Crippen MR) is 80.1 cm³/mol. The van der Waals surface area contributed by atoms with Crippen LogP contribution in [0.25, 0.3) is 6.08 Å². The number of nitrogens with zero attached hydrogens (tertiary/aromatic N) is 1. The van der Waals surface area contributed by atoms with Gasteiger partial charge in [0.15, 0.2) is 0 Å². The molecular formula is C15H21BFNO3. The highest BCUT2D eigenvalue weighted by atomic mass is 19.1. The van der Waals surface area contributed by atoms with E-state index < -0.39 is 18.3 Å². The number of halogens is 1. The molecule has 6 heteroatoms. The van der Waals surface area contributed by atoms with Crippen molar-refractivity contribution >= 4 is 13.2 Å². The summed E-state index contributed by atoms with van der Waals surface area (Å²) in [5, 5.41) is 9.60. The molecule has 4 nitrogen and oxygen atoms in total. The van der Waals surface area contributed by atoms with E-state index in [2.05, 4.69) is 4.98 Å². The summed E-state index contributed by atoms with van der Waals surface area (Å²) >= 11 is 0. The number of aliphatic hydroxyl groups is 1. The molecule has 0 aromatic carbocycles. The first kappa shape index (κ1) is 16.1. The molecule has 0 bridgehead atoms. The normalized spacial score (nSPS) is 20.9. The number of pyridine rings is 1. The molecule has 2 heterocycles. The zero-order chi connectivity index (χ0) is 15.8. The molecule has 0 saturated carbocycles. The summed E-state index contributed by atoms with van der Waals surface area (Å²) in [5.41, 5.74) is 0.900. The van der Waals surface area contributed by atoms with E-state index in [0.717, 1.165) is 6.20 Å². The Morgan fingerprint density at radius 2 is 1.90 bits per heavy atom. The van der Waals surface area contributed by atoms with Gasteiger partial charge in [0.05, 0.1) is 29.7 Å². The lowest BCUT2D eigenvalue weighted by Gasteiger charge is -2.32. The van der Waals surface area contributed by atoms with Crippen molar-refractivity contribution in [1.82, 2.24) is 4.98 Å². The first-order valence-electron chi connectivity index (χ1n) is 6.95. The Kier molecular flexibility index (Phi) is 4.24. The standard InChI is InChI=1S/C15H21BFNO3/c1-10-6-12(17)8-18-13(10)7-11(9-19)16-20-14(2,3)15(4,5)21-16/h6-8,19H,9H2,1-5H3. The average Bonchev–Trinajstić information content (AvgIpc) is 2.57. The van der Waals surface area contributed by atoms with E-state index in [1.54, 1.807) is 13.0 Å². The first-order valence-corrected chi connectivity index (χ1v) is 6.95. The molecule has 1 N–H and O–H groups in total. The van der Waals surface area contributed by atoms with E-state index in [1.165, 1.54) is 6.07 Å². The summed E-state index contributed by atoms with van der Waals surface area (Å²) in [6, 6.07) is 1.40. The quantitative estimate of drug-likeness (QED) is 0.870. The molecule has 1 fully saturated rings. The van der Waals surface area contributed by atoms with Crippen molar-refractivity contribution < 1.29 is 18.8 Å². The first-order chi connectivity index (χ1) is 9.66. The van der Waals surface area contributed by atoms with Crippen molar-refractivity contribution in [3.05, 3.63) is 34.8 Å². The minimum Gasteiger partial charge on any atom is -0.400 e. The van der Waals surface area contributed by atoms with Crippen molar-refractivity contribution in [1.29, 1.82) is 0 Å². The molecule has 21 heavy (non-hydrogen) atoms. The second-order valence-corrected chi connectivity index (χ2v) is 6.32. The lowest BCUT2D eigenvalue weighted by Crippen LogP contribution is -2.41. The number of aliphatic hydroxyl groups excluding tert-OH is 1. The lowest BCUT2D eigenvalue weighted by molar-refractivity contribution is 0.00578. The van der Waals surface area contributed by atoms with E-state index in [9.17, 15) is 9.50 Å². The highest BCUT2D eigenvalue weighted by molar-refractivity contribution is 6.55. The molecule has 2 rings (SSSR count). The molecule has 0 radical (unpaired) electrons. The molecule has 0 amide bonds. The average molecular weight is 293 g/mol. The van der Waals surface area contributed by atoms with Crippen LogP contribution in [0.5, 0.6) is 0 Å². The maximum Gasteiger partial charge on any atom is 0.492 e. The summed E-state index contributed by atoms with van der Waals surface area (Å²) in [4.78, 5) is 4.04. The zero-order valence-electron chi connectivity index (χ0n) is 13.1. The minimum absolute atomic E-state index is 0.213. The Morgan fingerprint density at radius 3 is 2.38 bits per heavy atom. The second kappa shape index (κ2) is 5.52. The summed E-state index contributed by atoms with van der Waals surface area (Å²) in [6.07, 6.45) is 2.84. The van der Waals surface area contributed by atoms with Crippen LogP contribution in [0, 0.1) is 12.7 Å². The van der Waals surface area contributed by atoms with Crippen LogP contribution in [-0.4, -0.2) is 35.0 Å². The fourth-order valence-electron chi connectivity index (χ4n) is 2.06. The van der Waals surface area contributed by atoms with Gasteiger partial charge in [-0.3, -0.25) is 4.98 Å². The third-order valence-electron chi connectivity index (χ3n) is 4.15. The molecule has 0 aliphatic carbocycles. The summed E-state index contributed by atoms with van der Waals surface area (Å²) in [5.74, 6) is -0.383. The van der Waals surface area contributed by atoms with Gasteiger partial charge in [-0.1, -0.05) is 0 Å². The molecular weight excluding hydrogens is 272 g/mol.